The molecule has 0 unspecified atom stereocenters. The predicted molar refractivity (Wildman–Crippen MR) is 54.9 cm³/mol. The first-order valence-electron chi connectivity index (χ1n) is 4.06. The zero-order valence-electron chi connectivity index (χ0n) is 7.63. The van der Waals surface area contributed by atoms with E-state index in [1.807, 2.05) is 19.1 Å². The Kier molecular flexibility index (Phi) is 3.48. The lowest BCUT2D eigenvalue weighted by Gasteiger charge is -2.05. The lowest BCUT2D eigenvalue weighted by Crippen LogP contribution is -2.03. The molecule has 0 radical (unpaired) electrons. The molecule has 0 aliphatic carbocycles. The van der Waals surface area contributed by atoms with E-state index in [0.717, 1.165) is 16.5 Å². The number of rotatable bonds is 2. The molecule has 0 saturated heterocycles. The number of carbonyl (C=O) groups excluding carboxylic acids is 1. The van der Waals surface area contributed by atoms with E-state index in [1.54, 1.807) is 6.07 Å². The van der Waals surface area contributed by atoms with Gasteiger partial charge in [-0.1, -0.05) is 19.1 Å². The number of hydrogen-bond donors (Lipinski definition) is 0. The van der Waals surface area contributed by atoms with Crippen LogP contribution < -0.4 is 0 Å². The fraction of sp³-hybridized carbons (Fsp3) is 0.300. The summed E-state index contributed by atoms with van der Waals surface area (Å²) >= 11 is 3.38. The maximum Gasteiger partial charge on any atom is 0.339 e. The molecule has 0 amide bonds. The number of halogens is 1. The van der Waals surface area contributed by atoms with Crippen LogP contribution in [0.4, 0.5) is 0 Å². The molecule has 0 aliphatic heterocycles. The third kappa shape index (κ3) is 2.10. The summed E-state index contributed by atoms with van der Waals surface area (Å²) in [6, 6.07) is 5.58. The van der Waals surface area contributed by atoms with E-state index in [4.69, 9.17) is 0 Å². The van der Waals surface area contributed by atoms with Gasteiger partial charge in [0.2, 0.25) is 0 Å². The average molecular weight is 243 g/mol. The summed E-state index contributed by atoms with van der Waals surface area (Å²) in [5, 5.41) is 0. The van der Waals surface area contributed by atoms with Gasteiger partial charge in [-0.3, -0.25) is 0 Å². The summed E-state index contributed by atoms with van der Waals surface area (Å²) in [4.78, 5) is 11.3. The maximum absolute atomic E-state index is 11.3. The van der Waals surface area contributed by atoms with Gasteiger partial charge in [-0.05, 0) is 34.0 Å². The van der Waals surface area contributed by atoms with Crippen molar-refractivity contribution in [2.24, 2.45) is 0 Å². The topological polar surface area (TPSA) is 26.3 Å². The molecular weight excluding hydrogens is 232 g/mol. The lowest BCUT2D eigenvalue weighted by molar-refractivity contribution is 0.0599. The quantitative estimate of drug-likeness (QED) is 0.746. The first kappa shape index (κ1) is 10.3. The molecule has 0 N–H and O–H groups in total. The highest BCUT2D eigenvalue weighted by atomic mass is 79.9. The number of aryl methyl sites for hydroxylation is 1. The zero-order chi connectivity index (χ0) is 9.84. The summed E-state index contributed by atoms with van der Waals surface area (Å²) < 4.78 is 5.49. The van der Waals surface area contributed by atoms with Gasteiger partial charge in [-0.2, -0.15) is 0 Å². The van der Waals surface area contributed by atoms with Crippen LogP contribution in [0.25, 0.3) is 0 Å². The molecule has 0 fully saturated rings. The SMILES string of the molecule is CCc1cccc(C(=O)OC)c1Br. The Balaban J connectivity index is 3.15. The van der Waals surface area contributed by atoms with Gasteiger partial charge in [-0.15, -0.1) is 0 Å². The third-order valence-corrected chi connectivity index (χ3v) is 2.80. The minimum absolute atomic E-state index is 0.304. The third-order valence-electron chi connectivity index (χ3n) is 1.86. The Labute approximate surface area is 86.0 Å². The molecule has 0 aliphatic rings. The van der Waals surface area contributed by atoms with Crippen LogP contribution in [-0.2, 0) is 11.2 Å². The van der Waals surface area contributed by atoms with Crippen LogP contribution in [-0.4, -0.2) is 13.1 Å². The monoisotopic (exact) mass is 242 g/mol. The van der Waals surface area contributed by atoms with Gasteiger partial charge < -0.3 is 4.74 Å². The van der Waals surface area contributed by atoms with Gasteiger partial charge in [0.05, 0.1) is 12.7 Å². The highest BCUT2D eigenvalue weighted by Gasteiger charge is 2.11. The average Bonchev–Trinajstić information content (AvgIpc) is 2.17. The number of ether oxygens (including phenoxy) is 1. The molecular formula is C10H11BrO2. The molecule has 0 aromatic heterocycles. The Bertz CT molecular complexity index is 321. The molecule has 0 bridgehead atoms. The Hall–Kier alpha value is -0.830. The molecule has 0 atom stereocenters. The minimum atomic E-state index is -0.304. The smallest absolute Gasteiger partial charge is 0.339 e. The van der Waals surface area contributed by atoms with Crippen LogP contribution in [0.2, 0.25) is 0 Å². The van der Waals surface area contributed by atoms with Crippen molar-refractivity contribution in [1.29, 1.82) is 0 Å². The van der Waals surface area contributed by atoms with Crippen LogP contribution in [0.1, 0.15) is 22.8 Å². The van der Waals surface area contributed by atoms with E-state index in [9.17, 15) is 4.79 Å². The summed E-state index contributed by atoms with van der Waals surface area (Å²) in [6.45, 7) is 2.04. The summed E-state index contributed by atoms with van der Waals surface area (Å²) in [5.41, 5.74) is 1.70. The van der Waals surface area contributed by atoms with Gasteiger partial charge in [0.15, 0.2) is 0 Å². The number of benzene rings is 1. The van der Waals surface area contributed by atoms with E-state index in [2.05, 4.69) is 20.7 Å². The zero-order valence-corrected chi connectivity index (χ0v) is 9.22. The standard InChI is InChI=1S/C10H11BrO2/c1-3-7-5-4-6-8(9(7)11)10(12)13-2/h4-6H,3H2,1-2H3. The second-order valence-electron chi connectivity index (χ2n) is 2.62. The van der Waals surface area contributed by atoms with Gasteiger partial charge >= 0.3 is 5.97 Å². The Morgan fingerprint density at radius 1 is 1.54 bits per heavy atom. The minimum Gasteiger partial charge on any atom is -0.465 e. The molecule has 13 heavy (non-hydrogen) atoms. The van der Waals surface area contributed by atoms with E-state index in [-0.39, 0.29) is 5.97 Å². The van der Waals surface area contributed by atoms with Crippen molar-refractivity contribution in [3.05, 3.63) is 33.8 Å². The summed E-state index contributed by atoms with van der Waals surface area (Å²) in [7, 11) is 1.38. The van der Waals surface area contributed by atoms with Gasteiger partial charge in [0.1, 0.15) is 0 Å². The van der Waals surface area contributed by atoms with Crippen molar-refractivity contribution >= 4 is 21.9 Å². The lowest BCUT2D eigenvalue weighted by atomic mass is 10.1. The number of carbonyl (C=O) groups is 1. The first-order valence-corrected chi connectivity index (χ1v) is 4.85. The van der Waals surface area contributed by atoms with Crippen molar-refractivity contribution in [2.75, 3.05) is 7.11 Å². The van der Waals surface area contributed by atoms with Crippen LogP contribution in [0, 0.1) is 0 Å². The van der Waals surface area contributed by atoms with Crippen molar-refractivity contribution in [2.45, 2.75) is 13.3 Å². The highest BCUT2D eigenvalue weighted by Crippen LogP contribution is 2.22. The van der Waals surface area contributed by atoms with Crippen molar-refractivity contribution in [3.8, 4) is 0 Å². The second-order valence-corrected chi connectivity index (χ2v) is 3.42. The van der Waals surface area contributed by atoms with Crippen LogP contribution >= 0.6 is 15.9 Å². The maximum atomic E-state index is 11.3. The fourth-order valence-electron chi connectivity index (χ4n) is 1.12. The Morgan fingerprint density at radius 3 is 2.77 bits per heavy atom. The van der Waals surface area contributed by atoms with E-state index in [0.29, 0.717) is 5.56 Å². The van der Waals surface area contributed by atoms with E-state index < -0.39 is 0 Å². The predicted octanol–water partition coefficient (Wildman–Crippen LogP) is 2.80. The summed E-state index contributed by atoms with van der Waals surface area (Å²) in [6.07, 6.45) is 0.894. The largest absolute Gasteiger partial charge is 0.465 e. The molecule has 3 heteroatoms. The van der Waals surface area contributed by atoms with Gasteiger partial charge in [0, 0.05) is 4.47 Å². The van der Waals surface area contributed by atoms with E-state index >= 15 is 0 Å². The first-order chi connectivity index (χ1) is 6.20. The highest BCUT2D eigenvalue weighted by molar-refractivity contribution is 9.10. The normalized spacial score (nSPS) is 9.77. The number of methoxy groups -OCH3 is 1. The van der Waals surface area contributed by atoms with Crippen LogP contribution in [0.5, 0.6) is 0 Å². The molecule has 70 valence electrons. The van der Waals surface area contributed by atoms with Crippen molar-refractivity contribution in [3.63, 3.8) is 0 Å². The van der Waals surface area contributed by atoms with Gasteiger partial charge in [-0.25, -0.2) is 4.79 Å². The molecule has 1 rings (SSSR count). The molecule has 0 spiro atoms. The molecule has 1 aromatic carbocycles. The van der Waals surface area contributed by atoms with Crippen LogP contribution in [0.15, 0.2) is 22.7 Å². The van der Waals surface area contributed by atoms with Crippen molar-refractivity contribution in [1.82, 2.24) is 0 Å². The van der Waals surface area contributed by atoms with E-state index in [1.165, 1.54) is 7.11 Å². The van der Waals surface area contributed by atoms with Crippen molar-refractivity contribution < 1.29 is 9.53 Å². The van der Waals surface area contributed by atoms with Gasteiger partial charge in [0.25, 0.3) is 0 Å². The molecule has 2 nitrogen and oxygen atoms in total. The Morgan fingerprint density at radius 2 is 2.23 bits per heavy atom. The molecule has 1 aromatic rings. The second kappa shape index (κ2) is 4.42. The number of esters is 1. The molecule has 0 saturated carbocycles. The fourth-order valence-corrected chi connectivity index (χ4v) is 1.83. The number of hydrogen-bond acceptors (Lipinski definition) is 2. The molecule has 0 heterocycles. The van der Waals surface area contributed by atoms with Crippen LogP contribution in [0.3, 0.4) is 0 Å². The summed E-state index contributed by atoms with van der Waals surface area (Å²) in [5.74, 6) is -0.304.